The average Bonchev–Trinajstić information content (AvgIpc) is 2.62. The Kier molecular flexibility index (Phi) is 5.31. The van der Waals surface area contributed by atoms with E-state index in [1.165, 1.54) is 12.1 Å². The molecule has 9 heteroatoms. The molecule has 0 aliphatic rings. The van der Waals surface area contributed by atoms with E-state index >= 15 is 0 Å². The molecule has 3 aromatic rings. The van der Waals surface area contributed by atoms with Crippen molar-refractivity contribution in [3.8, 4) is 11.3 Å². The number of carbonyl (C=O) groups is 1. The van der Waals surface area contributed by atoms with E-state index in [2.05, 4.69) is 15.3 Å². The van der Waals surface area contributed by atoms with E-state index < -0.39 is 11.4 Å². The number of benzene rings is 2. The Balaban J connectivity index is 1.76. The predicted molar refractivity (Wildman–Crippen MR) is 97.6 cm³/mol. The molecule has 3 N–H and O–H groups in total. The number of amides is 1. The standard InChI is InChI=1S/C18H13F3N4OS/c19-18(20,21)27-14-7-3-11(4-8-14)15-9-10-23-17(25-15)24-13-5-1-12(2-6-13)16(22)26/h1-10H,(H2,22,26)(H,23,24,25). The van der Waals surface area contributed by atoms with E-state index in [0.29, 0.717) is 28.5 Å². The zero-order chi connectivity index (χ0) is 19.4. The fourth-order valence-corrected chi connectivity index (χ4v) is 2.79. The van der Waals surface area contributed by atoms with Crippen LogP contribution in [0.15, 0.2) is 65.7 Å². The molecule has 0 saturated heterocycles. The van der Waals surface area contributed by atoms with Crippen LogP contribution in [0.25, 0.3) is 11.3 Å². The number of aromatic nitrogens is 2. The Bertz CT molecular complexity index is 944. The Morgan fingerprint density at radius 1 is 1.00 bits per heavy atom. The summed E-state index contributed by atoms with van der Waals surface area (Å²) < 4.78 is 37.2. The maximum absolute atomic E-state index is 12.4. The molecule has 1 aromatic heterocycles. The molecular weight excluding hydrogens is 377 g/mol. The van der Waals surface area contributed by atoms with Crippen molar-refractivity contribution in [2.75, 3.05) is 5.32 Å². The number of primary amides is 1. The van der Waals surface area contributed by atoms with Crippen molar-refractivity contribution < 1.29 is 18.0 Å². The molecule has 1 amide bonds. The Morgan fingerprint density at radius 3 is 2.26 bits per heavy atom. The van der Waals surface area contributed by atoms with E-state index in [4.69, 9.17) is 5.73 Å². The lowest BCUT2D eigenvalue weighted by molar-refractivity contribution is -0.0328. The molecule has 138 valence electrons. The van der Waals surface area contributed by atoms with Crippen LogP contribution < -0.4 is 11.1 Å². The van der Waals surface area contributed by atoms with Crippen LogP contribution in [0.1, 0.15) is 10.4 Å². The van der Waals surface area contributed by atoms with Gasteiger partial charge in [0, 0.05) is 27.9 Å². The number of hydrogen-bond acceptors (Lipinski definition) is 5. The van der Waals surface area contributed by atoms with Gasteiger partial charge in [0.2, 0.25) is 11.9 Å². The Labute approximate surface area is 156 Å². The zero-order valence-electron chi connectivity index (χ0n) is 13.7. The number of carbonyl (C=O) groups excluding carboxylic acids is 1. The third-order valence-electron chi connectivity index (χ3n) is 3.46. The second-order valence-corrected chi connectivity index (χ2v) is 6.54. The van der Waals surface area contributed by atoms with Crippen LogP contribution in [0.5, 0.6) is 0 Å². The van der Waals surface area contributed by atoms with Gasteiger partial charge in [-0.2, -0.15) is 13.2 Å². The highest BCUT2D eigenvalue weighted by Crippen LogP contribution is 2.37. The van der Waals surface area contributed by atoms with Gasteiger partial charge in [0.05, 0.1) is 5.69 Å². The molecule has 2 aromatic carbocycles. The molecule has 0 atom stereocenters. The molecule has 0 aliphatic carbocycles. The summed E-state index contributed by atoms with van der Waals surface area (Å²) in [5.41, 5.74) is 3.14. The predicted octanol–water partition coefficient (Wildman–Crippen LogP) is 4.60. The van der Waals surface area contributed by atoms with Gasteiger partial charge in [-0.05, 0) is 54.2 Å². The molecule has 0 fully saturated rings. The fourth-order valence-electron chi connectivity index (χ4n) is 2.25. The number of nitrogens with two attached hydrogens (primary N) is 1. The quantitative estimate of drug-likeness (QED) is 0.623. The first-order valence-corrected chi connectivity index (χ1v) is 8.48. The number of nitrogens with zero attached hydrogens (tertiary/aromatic N) is 2. The van der Waals surface area contributed by atoms with Crippen molar-refractivity contribution in [3.05, 3.63) is 66.4 Å². The molecule has 0 saturated carbocycles. The maximum atomic E-state index is 12.4. The van der Waals surface area contributed by atoms with Gasteiger partial charge < -0.3 is 11.1 Å². The molecule has 5 nitrogen and oxygen atoms in total. The van der Waals surface area contributed by atoms with E-state index in [-0.39, 0.29) is 16.7 Å². The lowest BCUT2D eigenvalue weighted by Gasteiger charge is -2.08. The first-order valence-electron chi connectivity index (χ1n) is 7.66. The minimum absolute atomic E-state index is 0.105. The number of alkyl halides is 3. The smallest absolute Gasteiger partial charge is 0.366 e. The normalized spacial score (nSPS) is 11.2. The largest absolute Gasteiger partial charge is 0.446 e. The molecule has 3 rings (SSSR count). The Hall–Kier alpha value is -3.07. The van der Waals surface area contributed by atoms with Crippen LogP contribution in [0.4, 0.5) is 24.8 Å². The molecule has 1 heterocycles. The number of hydrogen-bond donors (Lipinski definition) is 2. The second kappa shape index (κ2) is 7.67. The molecule has 0 aliphatic heterocycles. The SMILES string of the molecule is NC(=O)c1ccc(Nc2nccc(-c3ccc(SC(F)(F)F)cc3)n2)cc1. The third-order valence-corrected chi connectivity index (χ3v) is 4.20. The van der Waals surface area contributed by atoms with Crippen molar-refractivity contribution in [1.29, 1.82) is 0 Å². The van der Waals surface area contributed by atoms with Crippen LogP contribution in [-0.2, 0) is 0 Å². The summed E-state index contributed by atoms with van der Waals surface area (Å²) >= 11 is -0.165. The monoisotopic (exact) mass is 390 g/mol. The van der Waals surface area contributed by atoms with Gasteiger partial charge in [0.1, 0.15) is 0 Å². The fraction of sp³-hybridized carbons (Fsp3) is 0.0556. The maximum Gasteiger partial charge on any atom is 0.446 e. The van der Waals surface area contributed by atoms with Crippen LogP contribution in [0.2, 0.25) is 0 Å². The van der Waals surface area contributed by atoms with E-state index in [0.717, 1.165) is 0 Å². The third kappa shape index (κ3) is 5.20. The molecule has 0 unspecified atom stereocenters. The summed E-state index contributed by atoms with van der Waals surface area (Å²) in [5.74, 6) is -0.208. The molecule has 0 spiro atoms. The van der Waals surface area contributed by atoms with Gasteiger partial charge in [-0.25, -0.2) is 9.97 Å². The summed E-state index contributed by atoms with van der Waals surface area (Å²) in [6.45, 7) is 0. The van der Waals surface area contributed by atoms with Crippen molar-refractivity contribution in [3.63, 3.8) is 0 Å². The van der Waals surface area contributed by atoms with Crippen LogP contribution in [0.3, 0.4) is 0 Å². The highest BCUT2D eigenvalue weighted by Gasteiger charge is 2.29. The van der Waals surface area contributed by atoms with E-state index in [1.54, 1.807) is 48.7 Å². The minimum atomic E-state index is -4.32. The summed E-state index contributed by atoms with van der Waals surface area (Å²) in [5, 5.41) is 3.00. The molecule has 27 heavy (non-hydrogen) atoms. The molecule has 0 radical (unpaired) electrons. The molecular formula is C18H13F3N4OS. The summed E-state index contributed by atoms with van der Waals surface area (Å²) in [6, 6.07) is 14.1. The van der Waals surface area contributed by atoms with Gasteiger partial charge in [0.15, 0.2) is 0 Å². The van der Waals surface area contributed by atoms with E-state index in [9.17, 15) is 18.0 Å². The van der Waals surface area contributed by atoms with Gasteiger partial charge in [-0.3, -0.25) is 4.79 Å². The lowest BCUT2D eigenvalue weighted by atomic mass is 10.1. The first kappa shape index (κ1) is 18.7. The first-order chi connectivity index (χ1) is 12.8. The van der Waals surface area contributed by atoms with Crippen LogP contribution >= 0.6 is 11.8 Å². The van der Waals surface area contributed by atoms with Crippen LogP contribution in [-0.4, -0.2) is 21.4 Å². The topological polar surface area (TPSA) is 80.9 Å². The lowest BCUT2D eigenvalue weighted by Crippen LogP contribution is -2.10. The van der Waals surface area contributed by atoms with Gasteiger partial charge in [-0.15, -0.1) is 0 Å². The summed E-state index contributed by atoms with van der Waals surface area (Å²) in [4.78, 5) is 19.7. The highest BCUT2D eigenvalue weighted by molar-refractivity contribution is 8.00. The number of thioether (sulfide) groups is 1. The number of rotatable bonds is 5. The van der Waals surface area contributed by atoms with Crippen LogP contribution in [0, 0.1) is 0 Å². The Morgan fingerprint density at radius 2 is 1.67 bits per heavy atom. The summed E-state index contributed by atoms with van der Waals surface area (Å²) in [6.07, 6.45) is 1.54. The number of halogens is 3. The summed E-state index contributed by atoms with van der Waals surface area (Å²) in [7, 11) is 0. The number of nitrogens with one attached hydrogen (secondary N) is 1. The number of anilines is 2. The highest BCUT2D eigenvalue weighted by atomic mass is 32.2. The van der Waals surface area contributed by atoms with Gasteiger partial charge >= 0.3 is 5.51 Å². The van der Waals surface area contributed by atoms with Crippen molar-refractivity contribution >= 4 is 29.3 Å². The van der Waals surface area contributed by atoms with E-state index in [1.807, 2.05) is 0 Å². The molecule has 0 bridgehead atoms. The average molecular weight is 390 g/mol. The minimum Gasteiger partial charge on any atom is -0.366 e. The van der Waals surface area contributed by atoms with Crippen molar-refractivity contribution in [2.24, 2.45) is 5.73 Å². The second-order valence-electron chi connectivity index (χ2n) is 5.40. The van der Waals surface area contributed by atoms with Crippen molar-refractivity contribution in [1.82, 2.24) is 9.97 Å². The van der Waals surface area contributed by atoms with Gasteiger partial charge in [0.25, 0.3) is 0 Å². The van der Waals surface area contributed by atoms with Gasteiger partial charge in [-0.1, -0.05) is 12.1 Å². The van der Waals surface area contributed by atoms with Crippen molar-refractivity contribution in [2.45, 2.75) is 10.4 Å². The zero-order valence-corrected chi connectivity index (χ0v) is 14.5.